The van der Waals surface area contributed by atoms with Gasteiger partial charge in [0.2, 0.25) is 5.91 Å². The number of hydrogen-bond acceptors (Lipinski definition) is 2. The van der Waals surface area contributed by atoms with Crippen LogP contribution in [0.4, 0.5) is 0 Å². The molecule has 1 unspecified atom stereocenters. The van der Waals surface area contributed by atoms with Gasteiger partial charge in [0.15, 0.2) is 0 Å². The summed E-state index contributed by atoms with van der Waals surface area (Å²) in [7, 11) is 1.96. The minimum atomic E-state index is 0.343. The van der Waals surface area contributed by atoms with Gasteiger partial charge in [0, 0.05) is 25.6 Å². The van der Waals surface area contributed by atoms with Gasteiger partial charge >= 0.3 is 0 Å². The zero-order chi connectivity index (χ0) is 12.9. The van der Waals surface area contributed by atoms with Crippen molar-refractivity contribution in [3.8, 4) is 0 Å². The van der Waals surface area contributed by atoms with Crippen LogP contribution in [0.25, 0.3) is 0 Å². The molecule has 0 aliphatic carbocycles. The number of hydrogen-bond donors (Lipinski definition) is 1. The number of likely N-dealkylation sites (tertiary alicyclic amines) is 1. The second-order valence-corrected chi connectivity index (χ2v) is 6.36. The zero-order valence-electron chi connectivity index (χ0n) is 11.9. The molecular formula is C14H28N2O. The Hall–Kier alpha value is -0.570. The molecule has 0 radical (unpaired) electrons. The molecule has 1 N–H and O–H groups in total. The molecule has 0 spiro atoms. The Bertz CT molecular complexity index is 245. The standard InChI is InChI=1S/C14H28N2O/c1-14(2,3)9-5-8-13(17)16-10-6-7-12(16)11-15-4/h12,15H,5-11H2,1-4H3. The van der Waals surface area contributed by atoms with Crippen LogP contribution < -0.4 is 5.32 Å². The Balaban J connectivity index is 2.31. The molecule has 1 rings (SSSR count). The lowest BCUT2D eigenvalue weighted by Crippen LogP contribution is -2.40. The molecule has 0 aromatic heterocycles. The van der Waals surface area contributed by atoms with E-state index in [1.165, 1.54) is 0 Å². The predicted octanol–water partition coefficient (Wildman–Crippen LogP) is 2.41. The molecular weight excluding hydrogens is 212 g/mol. The van der Waals surface area contributed by atoms with E-state index in [-0.39, 0.29) is 0 Å². The highest BCUT2D eigenvalue weighted by Gasteiger charge is 2.27. The van der Waals surface area contributed by atoms with Gasteiger partial charge in [-0.2, -0.15) is 0 Å². The summed E-state index contributed by atoms with van der Waals surface area (Å²) in [6, 6.07) is 0.433. The zero-order valence-corrected chi connectivity index (χ0v) is 11.9. The van der Waals surface area contributed by atoms with E-state index in [4.69, 9.17) is 0 Å². The van der Waals surface area contributed by atoms with Crippen molar-refractivity contribution in [1.82, 2.24) is 10.2 Å². The second kappa shape index (κ2) is 6.39. The van der Waals surface area contributed by atoms with E-state index in [1.807, 2.05) is 7.05 Å². The first-order valence-electron chi connectivity index (χ1n) is 6.88. The highest BCUT2D eigenvalue weighted by molar-refractivity contribution is 5.76. The fourth-order valence-electron chi connectivity index (χ4n) is 2.53. The van der Waals surface area contributed by atoms with Crippen molar-refractivity contribution in [3.05, 3.63) is 0 Å². The van der Waals surface area contributed by atoms with Crippen LogP contribution in [-0.4, -0.2) is 37.0 Å². The van der Waals surface area contributed by atoms with Crippen molar-refractivity contribution in [2.75, 3.05) is 20.1 Å². The van der Waals surface area contributed by atoms with Gasteiger partial charge in [-0.15, -0.1) is 0 Å². The minimum absolute atomic E-state index is 0.343. The normalized spacial score (nSPS) is 20.9. The topological polar surface area (TPSA) is 32.3 Å². The van der Waals surface area contributed by atoms with E-state index in [2.05, 4.69) is 31.0 Å². The molecule has 1 amide bonds. The summed E-state index contributed by atoms with van der Waals surface area (Å²) in [6.45, 7) is 8.59. The average molecular weight is 240 g/mol. The van der Waals surface area contributed by atoms with E-state index in [1.54, 1.807) is 0 Å². The summed E-state index contributed by atoms with van der Waals surface area (Å²) in [5.74, 6) is 0.354. The number of nitrogens with one attached hydrogen (secondary N) is 1. The van der Waals surface area contributed by atoms with Gasteiger partial charge in [-0.25, -0.2) is 0 Å². The van der Waals surface area contributed by atoms with Gasteiger partial charge in [0.1, 0.15) is 0 Å². The number of carbonyl (C=O) groups excluding carboxylic acids is 1. The largest absolute Gasteiger partial charge is 0.338 e. The summed E-state index contributed by atoms with van der Waals surface area (Å²) in [4.78, 5) is 14.2. The summed E-state index contributed by atoms with van der Waals surface area (Å²) in [5.41, 5.74) is 0.343. The van der Waals surface area contributed by atoms with Crippen molar-refractivity contribution >= 4 is 5.91 Å². The van der Waals surface area contributed by atoms with Crippen LogP contribution in [0.1, 0.15) is 52.9 Å². The molecule has 17 heavy (non-hydrogen) atoms. The van der Waals surface area contributed by atoms with Crippen LogP contribution in [0.15, 0.2) is 0 Å². The molecule has 3 nitrogen and oxygen atoms in total. The van der Waals surface area contributed by atoms with Crippen LogP contribution >= 0.6 is 0 Å². The predicted molar refractivity (Wildman–Crippen MR) is 72.0 cm³/mol. The molecule has 1 fully saturated rings. The number of nitrogens with zero attached hydrogens (tertiary/aromatic N) is 1. The summed E-state index contributed by atoms with van der Waals surface area (Å²) >= 11 is 0. The lowest BCUT2D eigenvalue weighted by molar-refractivity contribution is -0.132. The van der Waals surface area contributed by atoms with E-state index in [0.717, 1.165) is 45.2 Å². The van der Waals surface area contributed by atoms with Crippen molar-refractivity contribution in [1.29, 1.82) is 0 Å². The Morgan fingerprint density at radius 1 is 1.41 bits per heavy atom. The Morgan fingerprint density at radius 3 is 2.71 bits per heavy atom. The Morgan fingerprint density at radius 2 is 2.12 bits per heavy atom. The molecule has 1 aliphatic heterocycles. The molecule has 1 aliphatic rings. The summed E-state index contributed by atoms with van der Waals surface area (Å²) < 4.78 is 0. The maximum absolute atomic E-state index is 12.1. The van der Waals surface area contributed by atoms with Gasteiger partial charge in [0.25, 0.3) is 0 Å². The first-order valence-corrected chi connectivity index (χ1v) is 6.88. The molecule has 0 bridgehead atoms. The lowest BCUT2D eigenvalue weighted by Gasteiger charge is -2.25. The molecule has 0 aromatic rings. The van der Waals surface area contributed by atoms with E-state index < -0.39 is 0 Å². The maximum atomic E-state index is 12.1. The number of carbonyl (C=O) groups is 1. The summed E-state index contributed by atoms with van der Waals surface area (Å²) in [5, 5.41) is 3.18. The van der Waals surface area contributed by atoms with Gasteiger partial charge in [-0.05, 0) is 38.1 Å². The fraction of sp³-hybridized carbons (Fsp3) is 0.929. The Labute approximate surface area is 106 Å². The van der Waals surface area contributed by atoms with Crippen molar-refractivity contribution < 1.29 is 4.79 Å². The third-order valence-electron chi connectivity index (χ3n) is 3.45. The number of amides is 1. The first-order chi connectivity index (χ1) is 7.94. The van der Waals surface area contributed by atoms with Crippen LogP contribution in [0.5, 0.6) is 0 Å². The van der Waals surface area contributed by atoms with Crippen LogP contribution in [0.2, 0.25) is 0 Å². The molecule has 1 atom stereocenters. The maximum Gasteiger partial charge on any atom is 0.222 e. The van der Waals surface area contributed by atoms with E-state index >= 15 is 0 Å². The molecule has 1 heterocycles. The number of rotatable bonds is 5. The molecule has 0 aromatic carbocycles. The second-order valence-electron chi connectivity index (χ2n) is 6.36. The lowest BCUT2D eigenvalue weighted by atomic mass is 9.90. The molecule has 100 valence electrons. The van der Waals surface area contributed by atoms with Crippen molar-refractivity contribution in [3.63, 3.8) is 0 Å². The van der Waals surface area contributed by atoms with Crippen LogP contribution in [-0.2, 0) is 4.79 Å². The average Bonchev–Trinajstić information content (AvgIpc) is 2.64. The number of likely N-dealkylation sites (N-methyl/N-ethyl adjacent to an activating group) is 1. The molecule has 1 saturated heterocycles. The van der Waals surface area contributed by atoms with Crippen molar-refractivity contribution in [2.24, 2.45) is 5.41 Å². The SMILES string of the molecule is CNCC1CCCN1C(=O)CCCC(C)(C)C. The highest BCUT2D eigenvalue weighted by Crippen LogP contribution is 2.23. The fourth-order valence-corrected chi connectivity index (χ4v) is 2.53. The quantitative estimate of drug-likeness (QED) is 0.800. The van der Waals surface area contributed by atoms with Crippen LogP contribution in [0, 0.1) is 5.41 Å². The minimum Gasteiger partial charge on any atom is -0.338 e. The smallest absolute Gasteiger partial charge is 0.222 e. The van der Waals surface area contributed by atoms with Crippen molar-refractivity contribution in [2.45, 2.75) is 58.9 Å². The third kappa shape index (κ3) is 5.07. The monoisotopic (exact) mass is 240 g/mol. The molecule has 0 saturated carbocycles. The highest BCUT2D eigenvalue weighted by atomic mass is 16.2. The molecule has 3 heteroatoms. The van der Waals surface area contributed by atoms with Crippen LogP contribution in [0.3, 0.4) is 0 Å². The van der Waals surface area contributed by atoms with Gasteiger partial charge in [-0.3, -0.25) is 4.79 Å². The van der Waals surface area contributed by atoms with Gasteiger partial charge in [-0.1, -0.05) is 20.8 Å². The third-order valence-corrected chi connectivity index (χ3v) is 3.45. The van der Waals surface area contributed by atoms with Gasteiger partial charge in [0.05, 0.1) is 0 Å². The Kier molecular flexibility index (Phi) is 5.44. The first kappa shape index (κ1) is 14.5. The van der Waals surface area contributed by atoms with E-state index in [9.17, 15) is 4.79 Å². The van der Waals surface area contributed by atoms with E-state index in [0.29, 0.717) is 17.4 Å². The summed E-state index contributed by atoms with van der Waals surface area (Å²) in [6.07, 6.45) is 5.19. The van der Waals surface area contributed by atoms with Gasteiger partial charge < -0.3 is 10.2 Å².